The molecule has 1 aliphatic heterocycles. The van der Waals surface area contributed by atoms with Crippen LogP contribution in [0.25, 0.3) is 0 Å². The van der Waals surface area contributed by atoms with E-state index in [1.807, 2.05) is 12.1 Å². The van der Waals surface area contributed by atoms with E-state index in [9.17, 15) is 0 Å². The molecule has 82 valence electrons. The van der Waals surface area contributed by atoms with E-state index in [0.29, 0.717) is 12.1 Å². The van der Waals surface area contributed by atoms with Gasteiger partial charge in [0.05, 0.1) is 11.4 Å². The minimum atomic E-state index is 0.516. The molecule has 1 heterocycles. The van der Waals surface area contributed by atoms with Gasteiger partial charge in [-0.1, -0.05) is 11.6 Å². The number of fused-ring (bicyclic) bond motifs is 1. The van der Waals surface area contributed by atoms with E-state index in [1.165, 1.54) is 5.69 Å². The van der Waals surface area contributed by atoms with Gasteiger partial charge >= 0.3 is 0 Å². The van der Waals surface area contributed by atoms with Gasteiger partial charge in [0.25, 0.3) is 0 Å². The Kier molecular flexibility index (Phi) is 2.79. The van der Waals surface area contributed by atoms with Gasteiger partial charge in [0.1, 0.15) is 0 Å². The van der Waals surface area contributed by atoms with Gasteiger partial charge in [0.2, 0.25) is 0 Å². The molecule has 1 aromatic carbocycles. The topological polar surface area (TPSA) is 15.3 Å². The van der Waals surface area contributed by atoms with Crippen molar-refractivity contribution in [2.24, 2.45) is 0 Å². The first-order chi connectivity index (χ1) is 7.09. The Bertz CT molecular complexity index is 363. The zero-order valence-electron chi connectivity index (χ0n) is 9.42. The van der Waals surface area contributed by atoms with E-state index in [4.69, 9.17) is 11.6 Å². The summed E-state index contributed by atoms with van der Waals surface area (Å²) in [5.41, 5.74) is 2.41. The van der Waals surface area contributed by atoms with Crippen molar-refractivity contribution in [3.63, 3.8) is 0 Å². The van der Waals surface area contributed by atoms with Crippen LogP contribution in [0.15, 0.2) is 18.2 Å². The molecule has 0 amide bonds. The van der Waals surface area contributed by atoms with Crippen LogP contribution in [-0.4, -0.2) is 18.6 Å². The van der Waals surface area contributed by atoms with E-state index >= 15 is 0 Å². The van der Waals surface area contributed by atoms with Gasteiger partial charge < -0.3 is 10.2 Å². The van der Waals surface area contributed by atoms with Gasteiger partial charge in [-0.2, -0.15) is 0 Å². The summed E-state index contributed by atoms with van der Waals surface area (Å²) in [5.74, 6) is 0. The van der Waals surface area contributed by atoms with Crippen molar-refractivity contribution in [1.29, 1.82) is 0 Å². The lowest BCUT2D eigenvalue weighted by Crippen LogP contribution is -2.46. The first kappa shape index (κ1) is 10.6. The summed E-state index contributed by atoms with van der Waals surface area (Å²) in [6.07, 6.45) is 0. The zero-order valence-corrected chi connectivity index (χ0v) is 10.2. The fraction of sp³-hybridized carbons (Fsp3) is 0.500. The summed E-state index contributed by atoms with van der Waals surface area (Å²) in [7, 11) is 0. The lowest BCUT2D eigenvalue weighted by atomic mass is 10.1. The number of benzene rings is 1. The molecule has 0 spiro atoms. The van der Waals surface area contributed by atoms with Gasteiger partial charge in [0.15, 0.2) is 0 Å². The van der Waals surface area contributed by atoms with Crippen LogP contribution in [0.2, 0.25) is 5.02 Å². The highest BCUT2D eigenvalue weighted by molar-refractivity contribution is 6.31. The zero-order chi connectivity index (χ0) is 11.0. The Morgan fingerprint density at radius 3 is 2.87 bits per heavy atom. The van der Waals surface area contributed by atoms with Crippen molar-refractivity contribution in [2.45, 2.75) is 32.9 Å². The number of halogens is 1. The summed E-state index contributed by atoms with van der Waals surface area (Å²) in [6, 6.07) is 7.09. The molecule has 1 N–H and O–H groups in total. The summed E-state index contributed by atoms with van der Waals surface area (Å²) in [6.45, 7) is 7.66. The maximum absolute atomic E-state index is 5.98. The second kappa shape index (κ2) is 3.93. The molecule has 0 aliphatic carbocycles. The fourth-order valence-electron chi connectivity index (χ4n) is 2.26. The summed E-state index contributed by atoms with van der Waals surface area (Å²) >= 11 is 5.98. The van der Waals surface area contributed by atoms with Gasteiger partial charge in [0, 0.05) is 23.7 Å². The quantitative estimate of drug-likeness (QED) is 0.787. The second-order valence-electron chi connectivity index (χ2n) is 4.39. The average Bonchev–Trinajstić information content (AvgIpc) is 2.17. The van der Waals surface area contributed by atoms with Crippen LogP contribution in [0.5, 0.6) is 0 Å². The first-order valence-corrected chi connectivity index (χ1v) is 5.79. The van der Waals surface area contributed by atoms with Crippen molar-refractivity contribution >= 4 is 23.0 Å². The van der Waals surface area contributed by atoms with Gasteiger partial charge in [-0.05, 0) is 39.0 Å². The Hall–Kier alpha value is -0.890. The maximum atomic E-state index is 5.98. The molecule has 1 aliphatic rings. The van der Waals surface area contributed by atoms with Crippen molar-refractivity contribution in [3.05, 3.63) is 23.2 Å². The highest BCUT2D eigenvalue weighted by Crippen LogP contribution is 2.34. The Labute approximate surface area is 96.2 Å². The summed E-state index contributed by atoms with van der Waals surface area (Å²) in [5, 5.41) is 4.20. The lowest BCUT2D eigenvalue weighted by Gasteiger charge is -2.40. The van der Waals surface area contributed by atoms with E-state index < -0.39 is 0 Å². The van der Waals surface area contributed by atoms with Crippen LogP contribution in [0, 0.1) is 0 Å². The van der Waals surface area contributed by atoms with Crippen LogP contribution in [0.4, 0.5) is 11.4 Å². The monoisotopic (exact) mass is 224 g/mol. The fourth-order valence-corrected chi connectivity index (χ4v) is 2.43. The van der Waals surface area contributed by atoms with Crippen LogP contribution in [-0.2, 0) is 0 Å². The smallest absolute Gasteiger partial charge is 0.0608 e. The van der Waals surface area contributed by atoms with Crippen LogP contribution >= 0.6 is 11.6 Å². The minimum Gasteiger partial charge on any atom is -0.381 e. The number of nitrogens with zero attached hydrogens (tertiary/aromatic N) is 1. The van der Waals surface area contributed by atoms with E-state index in [2.05, 4.69) is 37.1 Å². The Balaban J connectivity index is 2.43. The molecular weight excluding hydrogens is 208 g/mol. The minimum absolute atomic E-state index is 0.516. The molecule has 2 rings (SSSR count). The third-order valence-electron chi connectivity index (χ3n) is 2.86. The van der Waals surface area contributed by atoms with E-state index in [1.54, 1.807) is 0 Å². The molecule has 0 aromatic heterocycles. The SMILES string of the molecule is CC(C)N1c2ccc(Cl)cc2NCC1C. The molecule has 0 saturated heterocycles. The Morgan fingerprint density at radius 1 is 1.47 bits per heavy atom. The molecule has 1 aromatic rings. The molecule has 1 unspecified atom stereocenters. The van der Waals surface area contributed by atoms with Crippen LogP contribution in [0.1, 0.15) is 20.8 Å². The van der Waals surface area contributed by atoms with Gasteiger partial charge in [-0.25, -0.2) is 0 Å². The highest BCUT2D eigenvalue weighted by atomic mass is 35.5. The number of nitrogens with one attached hydrogen (secondary N) is 1. The molecule has 15 heavy (non-hydrogen) atoms. The van der Waals surface area contributed by atoms with E-state index in [-0.39, 0.29) is 0 Å². The molecule has 0 saturated carbocycles. The number of hydrogen-bond donors (Lipinski definition) is 1. The number of rotatable bonds is 1. The van der Waals surface area contributed by atoms with Crippen molar-refractivity contribution in [3.8, 4) is 0 Å². The molecule has 0 fully saturated rings. The highest BCUT2D eigenvalue weighted by Gasteiger charge is 2.24. The van der Waals surface area contributed by atoms with Crippen molar-refractivity contribution in [1.82, 2.24) is 0 Å². The third-order valence-corrected chi connectivity index (χ3v) is 3.09. The van der Waals surface area contributed by atoms with Crippen molar-refractivity contribution < 1.29 is 0 Å². The maximum Gasteiger partial charge on any atom is 0.0608 e. The van der Waals surface area contributed by atoms with Gasteiger partial charge in [-0.15, -0.1) is 0 Å². The second-order valence-corrected chi connectivity index (χ2v) is 4.83. The van der Waals surface area contributed by atoms with Crippen LogP contribution in [0.3, 0.4) is 0 Å². The third kappa shape index (κ3) is 1.91. The standard InChI is InChI=1S/C12H17ClN2/c1-8(2)15-9(3)7-14-11-6-10(13)4-5-12(11)15/h4-6,8-9,14H,7H2,1-3H3. The van der Waals surface area contributed by atoms with Crippen molar-refractivity contribution in [2.75, 3.05) is 16.8 Å². The largest absolute Gasteiger partial charge is 0.381 e. The molecule has 0 radical (unpaired) electrons. The Morgan fingerprint density at radius 2 is 2.20 bits per heavy atom. The van der Waals surface area contributed by atoms with E-state index in [0.717, 1.165) is 17.3 Å². The lowest BCUT2D eigenvalue weighted by molar-refractivity contribution is 0.580. The van der Waals surface area contributed by atoms with Gasteiger partial charge in [-0.3, -0.25) is 0 Å². The van der Waals surface area contributed by atoms with Crippen LogP contribution < -0.4 is 10.2 Å². The molecule has 0 bridgehead atoms. The first-order valence-electron chi connectivity index (χ1n) is 5.41. The predicted molar refractivity (Wildman–Crippen MR) is 67.0 cm³/mol. The predicted octanol–water partition coefficient (Wildman–Crippen LogP) is 3.37. The average molecular weight is 225 g/mol. The number of anilines is 2. The molecule has 2 nitrogen and oxygen atoms in total. The molecule has 1 atom stereocenters. The molecule has 3 heteroatoms. The molecular formula is C12H17ClN2. The normalized spacial score (nSPS) is 20.1. The summed E-state index contributed by atoms with van der Waals surface area (Å²) < 4.78 is 0. The number of hydrogen-bond acceptors (Lipinski definition) is 2. The summed E-state index contributed by atoms with van der Waals surface area (Å²) in [4.78, 5) is 2.43.